The molecule has 1 heterocycles. The normalized spacial score (nSPS) is 11.3. The summed E-state index contributed by atoms with van der Waals surface area (Å²) >= 11 is 2.17. The molecule has 4 aromatic rings. The van der Waals surface area contributed by atoms with Crippen LogP contribution < -0.4 is 9.47 Å². The number of carboxylic acids is 1. The number of ether oxygens (including phenoxy) is 2. The van der Waals surface area contributed by atoms with Crippen LogP contribution in [0.15, 0.2) is 54.6 Å². The second-order valence-electron chi connectivity index (χ2n) is 7.83. The number of nitriles is 1. The average Bonchev–Trinajstić information content (AvgIpc) is 3.25. The quantitative estimate of drug-likeness (QED) is 0.190. The van der Waals surface area contributed by atoms with Crippen molar-refractivity contribution in [3.8, 4) is 17.6 Å². The Morgan fingerprint density at radius 3 is 2.77 bits per heavy atom. The first-order valence-corrected chi connectivity index (χ1v) is 12.0. The van der Waals surface area contributed by atoms with Crippen LogP contribution >= 0.6 is 22.6 Å². The van der Waals surface area contributed by atoms with Gasteiger partial charge in [0.05, 0.1) is 32.3 Å². The molecule has 0 aliphatic carbocycles. The van der Waals surface area contributed by atoms with E-state index in [2.05, 4.69) is 38.6 Å². The number of aromatic nitrogens is 2. The molecule has 0 atom stereocenters. The van der Waals surface area contributed by atoms with Crippen LogP contribution in [-0.2, 0) is 6.61 Å². The van der Waals surface area contributed by atoms with Gasteiger partial charge >= 0.3 is 5.97 Å². The molecule has 2 N–H and O–H groups in total. The molecule has 7 nitrogen and oxygen atoms in total. The molecule has 0 saturated heterocycles. The number of nitrogens with one attached hydrogen (secondary N) is 1. The second-order valence-corrected chi connectivity index (χ2v) is 9.00. The van der Waals surface area contributed by atoms with Crippen molar-refractivity contribution in [1.29, 1.82) is 5.26 Å². The number of carboxylic acid groups (broad SMARTS) is 1. The van der Waals surface area contributed by atoms with Gasteiger partial charge in [-0.1, -0.05) is 18.2 Å². The van der Waals surface area contributed by atoms with Crippen LogP contribution in [0.3, 0.4) is 0 Å². The number of halogens is 1. The standard InChI is InChI=1S/C27H22IN3O4/c1-3-34-24-13-18(11-20(14-29)26-30-22-8-7-16(2)9-23(22)31-26)12-21(28)25(24)35-15-17-5-4-6-19(10-17)27(32)33/h4-13H,3,15H2,1-2H3,(H,30,31)(H,32,33)/b20-11-. The number of aryl methyl sites for hydroxylation is 1. The smallest absolute Gasteiger partial charge is 0.335 e. The molecule has 176 valence electrons. The fourth-order valence-electron chi connectivity index (χ4n) is 3.60. The molecule has 0 saturated carbocycles. The summed E-state index contributed by atoms with van der Waals surface area (Å²) in [6.07, 6.45) is 1.76. The van der Waals surface area contributed by atoms with Crippen LogP contribution in [0, 0.1) is 21.8 Å². The molecule has 0 unspecified atom stereocenters. The lowest BCUT2D eigenvalue weighted by Crippen LogP contribution is -2.03. The van der Waals surface area contributed by atoms with Gasteiger partial charge in [-0.25, -0.2) is 9.78 Å². The fourth-order valence-corrected chi connectivity index (χ4v) is 4.38. The molecule has 0 aliphatic heterocycles. The lowest BCUT2D eigenvalue weighted by atomic mass is 10.1. The van der Waals surface area contributed by atoms with Crippen molar-refractivity contribution in [1.82, 2.24) is 9.97 Å². The number of rotatable bonds is 8. The summed E-state index contributed by atoms with van der Waals surface area (Å²) in [7, 11) is 0. The van der Waals surface area contributed by atoms with E-state index in [1.54, 1.807) is 18.2 Å². The summed E-state index contributed by atoms with van der Waals surface area (Å²) in [4.78, 5) is 19.0. The van der Waals surface area contributed by atoms with Crippen LogP contribution in [-0.4, -0.2) is 27.7 Å². The third-order valence-corrected chi connectivity index (χ3v) is 6.01. The molecule has 4 rings (SSSR count). The number of aromatic amines is 1. The molecular formula is C27H22IN3O4. The molecule has 0 bridgehead atoms. The van der Waals surface area contributed by atoms with Crippen molar-refractivity contribution in [2.24, 2.45) is 0 Å². The maximum Gasteiger partial charge on any atom is 0.335 e. The van der Waals surface area contributed by atoms with Crippen LogP contribution in [0.4, 0.5) is 0 Å². The van der Waals surface area contributed by atoms with Gasteiger partial charge in [-0.15, -0.1) is 0 Å². The monoisotopic (exact) mass is 579 g/mol. The third-order valence-electron chi connectivity index (χ3n) is 5.21. The van der Waals surface area contributed by atoms with Crippen molar-refractivity contribution < 1.29 is 19.4 Å². The highest BCUT2D eigenvalue weighted by atomic mass is 127. The van der Waals surface area contributed by atoms with Crippen molar-refractivity contribution in [2.75, 3.05) is 6.61 Å². The summed E-state index contributed by atoms with van der Waals surface area (Å²) in [5.74, 6) is 0.612. The van der Waals surface area contributed by atoms with Crippen LogP contribution in [0.5, 0.6) is 11.5 Å². The summed E-state index contributed by atoms with van der Waals surface area (Å²) in [6, 6.07) is 18.5. The van der Waals surface area contributed by atoms with Crippen LogP contribution in [0.25, 0.3) is 22.7 Å². The predicted octanol–water partition coefficient (Wildman–Crippen LogP) is 6.22. The summed E-state index contributed by atoms with van der Waals surface area (Å²) < 4.78 is 12.7. The van der Waals surface area contributed by atoms with Gasteiger partial charge in [-0.3, -0.25) is 0 Å². The SMILES string of the molecule is CCOc1cc(/C=C(/C#N)c2nc3ccc(C)cc3[nH]2)cc(I)c1OCc1cccc(C(=O)O)c1. The summed E-state index contributed by atoms with van der Waals surface area (Å²) in [5.41, 5.74) is 4.89. The van der Waals surface area contributed by atoms with E-state index in [9.17, 15) is 15.2 Å². The Balaban J connectivity index is 1.64. The molecule has 8 heteroatoms. The lowest BCUT2D eigenvalue weighted by molar-refractivity contribution is 0.0696. The van der Waals surface area contributed by atoms with Gasteiger partial charge in [0.1, 0.15) is 18.5 Å². The van der Waals surface area contributed by atoms with Crippen molar-refractivity contribution in [3.05, 3.63) is 86.2 Å². The highest BCUT2D eigenvalue weighted by Crippen LogP contribution is 2.36. The maximum absolute atomic E-state index is 11.2. The van der Waals surface area contributed by atoms with E-state index in [4.69, 9.17) is 9.47 Å². The Hall–Kier alpha value is -3.84. The first-order chi connectivity index (χ1) is 16.9. The van der Waals surface area contributed by atoms with Gasteiger partial charge in [-0.05, 0) is 95.6 Å². The Morgan fingerprint density at radius 2 is 2.03 bits per heavy atom. The van der Waals surface area contributed by atoms with E-state index >= 15 is 0 Å². The van der Waals surface area contributed by atoms with Gasteiger partial charge in [0.15, 0.2) is 11.5 Å². The molecule has 0 fully saturated rings. The summed E-state index contributed by atoms with van der Waals surface area (Å²) in [6.45, 7) is 4.51. The Kier molecular flexibility index (Phi) is 7.36. The van der Waals surface area contributed by atoms with Crippen LogP contribution in [0.1, 0.15) is 39.8 Å². The number of nitrogens with zero attached hydrogens (tertiary/aromatic N) is 2. The topological polar surface area (TPSA) is 108 Å². The number of hydrogen-bond donors (Lipinski definition) is 2. The Labute approximate surface area is 216 Å². The van der Waals surface area contributed by atoms with Gasteiger partial charge in [0, 0.05) is 0 Å². The zero-order chi connectivity index (χ0) is 24.9. The molecule has 0 radical (unpaired) electrons. The second kappa shape index (κ2) is 10.6. The van der Waals surface area contributed by atoms with E-state index in [-0.39, 0.29) is 12.2 Å². The number of imidazole rings is 1. The minimum absolute atomic E-state index is 0.189. The number of benzene rings is 3. The molecule has 3 aromatic carbocycles. The molecule has 1 aromatic heterocycles. The molecule has 0 spiro atoms. The minimum atomic E-state index is -0.986. The van der Waals surface area contributed by atoms with E-state index in [1.807, 2.05) is 50.2 Å². The molecular weight excluding hydrogens is 557 g/mol. The van der Waals surface area contributed by atoms with E-state index in [0.717, 1.165) is 31.3 Å². The largest absolute Gasteiger partial charge is 0.490 e. The predicted molar refractivity (Wildman–Crippen MR) is 142 cm³/mol. The fraction of sp³-hybridized carbons (Fsp3) is 0.148. The third kappa shape index (κ3) is 5.63. The number of H-pyrrole nitrogens is 1. The lowest BCUT2D eigenvalue weighted by Gasteiger charge is -2.15. The van der Waals surface area contributed by atoms with Crippen molar-refractivity contribution in [2.45, 2.75) is 20.5 Å². The van der Waals surface area contributed by atoms with Gasteiger partial charge in [0.2, 0.25) is 0 Å². The molecule has 35 heavy (non-hydrogen) atoms. The highest BCUT2D eigenvalue weighted by Gasteiger charge is 2.15. The number of carbonyl (C=O) groups is 1. The Morgan fingerprint density at radius 1 is 1.20 bits per heavy atom. The Bertz CT molecular complexity index is 1480. The van der Waals surface area contributed by atoms with Gasteiger partial charge in [0.25, 0.3) is 0 Å². The van der Waals surface area contributed by atoms with Gasteiger partial charge < -0.3 is 19.6 Å². The number of hydrogen-bond acceptors (Lipinski definition) is 5. The zero-order valence-corrected chi connectivity index (χ0v) is 21.3. The van der Waals surface area contributed by atoms with Gasteiger partial charge in [-0.2, -0.15) is 5.26 Å². The zero-order valence-electron chi connectivity index (χ0n) is 19.1. The average molecular weight is 579 g/mol. The first-order valence-electron chi connectivity index (χ1n) is 10.9. The maximum atomic E-state index is 11.2. The number of fused-ring (bicyclic) bond motifs is 1. The molecule has 0 aliphatic rings. The number of aromatic carboxylic acids is 1. The number of allylic oxidation sites excluding steroid dienone is 1. The van der Waals surface area contributed by atoms with E-state index < -0.39 is 5.97 Å². The van der Waals surface area contributed by atoms with E-state index in [0.29, 0.717) is 29.5 Å². The van der Waals surface area contributed by atoms with E-state index in [1.165, 1.54) is 6.07 Å². The summed E-state index contributed by atoms with van der Waals surface area (Å²) in [5, 5.41) is 19.0. The molecule has 0 amide bonds. The highest BCUT2D eigenvalue weighted by molar-refractivity contribution is 14.1. The minimum Gasteiger partial charge on any atom is -0.490 e. The van der Waals surface area contributed by atoms with Crippen LogP contribution in [0.2, 0.25) is 0 Å². The first kappa shape index (κ1) is 24.3. The van der Waals surface area contributed by atoms with Crippen molar-refractivity contribution in [3.63, 3.8) is 0 Å². The van der Waals surface area contributed by atoms with Crippen molar-refractivity contribution >= 4 is 51.2 Å².